The zero-order valence-corrected chi connectivity index (χ0v) is 14.0. The molecule has 1 N–H and O–H groups in total. The quantitative estimate of drug-likeness (QED) is 0.864. The molecule has 0 amide bonds. The van der Waals surface area contributed by atoms with Gasteiger partial charge >= 0.3 is 0 Å². The van der Waals surface area contributed by atoms with Crippen LogP contribution in [0.15, 0.2) is 18.2 Å². The predicted molar refractivity (Wildman–Crippen MR) is 83.9 cm³/mol. The van der Waals surface area contributed by atoms with Crippen LogP contribution >= 0.6 is 0 Å². The molecular formula is C15H23FN2O3S. The minimum Gasteiger partial charge on any atom is -0.494 e. The Morgan fingerprint density at radius 3 is 2.77 bits per heavy atom. The number of ether oxygens (including phenoxy) is 1. The van der Waals surface area contributed by atoms with Gasteiger partial charge in [0.1, 0.15) is 0 Å². The summed E-state index contributed by atoms with van der Waals surface area (Å²) < 4.78 is 43.1. The summed E-state index contributed by atoms with van der Waals surface area (Å²) in [6.07, 6.45) is 2.09. The number of sulfonamides is 1. The number of benzene rings is 1. The van der Waals surface area contributed by atoms with E-state index in [1.54, 1.807) is 6.07 Å². The second kappa shape index (κ2) is 6.93. The van der Waals surface area contributed by atoms with E-state index in [1.807, 2.05) is 13.0 Å². The molecule has 22 heavy (non-hydrogen) atoms. The van der Waals surface area contributed by atoms with E-state index in [-0.39, 0.29) is 17.6 Å². The van der Waals surface area contributed by atoms with Gasteiger partial charge in [0.15, 0.2) is 11.6 Å². The van der Waals surface area contributed by atoms with Crippen LogP contribution < -0.4 is 10.1 Å². The first-order chi connectivity index (χ1) is 10.3. The van der Waals surface area contributed by atoms with Gasteiger partial charge in [0, 0.05) is 19.1 Å². The number of hydrogen-bond acceptors (Lipinski definition) is 4. The average Bonchev–Trinajstić information content (AvgIpc) is 2.93. The van der Waals surface area contributed by atoms with Crippen molar-refractivity contribution in [2.24, 2.45) is 5.92 Å². The third-order valence-corrected chi connectivity index (χ3v) is 5.38. The van der Waals surface area contributed by atoms with Crippen LogP contribution in [0.25, 0.3) is 0 Å². The van der Waals surface area contributed by atoms with Gasteiger partial charge in [-0.15, -0.1) is 0 Å². The highest BCUT2D eigenvalue weighted by molar-refractivity contribution is 7.88. The van der Waals surface area contributed by atoms with Crippen LogP contribution in [0.5, 0.6) is 5.75 Å². The molecule has 2 rings (SSSR count). The molecule has 2 atom stereocenters. The number of rotatable bonds is 6. The fourth-order valence-electron chi connectivity index (χ4n) is 2.68. The summed E-state index contributed by atoms with van der Waals surface area (Å²) in [5, 5.41) is 3.35. The molecule has 0 spiro atoms. The number of methoxy groups -OCH3 is 1. The third-order valence-electron chi connectivity index (χ3n) is 4.11. The van der Waals surface area contributed by atoms with Gasteiger partial charge in [-0.1, -0.05) is 6.07 Å². The molecule has 0 bridgehead atoms. The smallest absolute Gasteiger partial charge is 0.211 e. The van der Waals surface area contributed by atoms with Crippen molar-refractivity contribution in [3.8, 4) is 5.75 Å². The van der Waals surface area contributed by atoms with E-state index in [2.05, 4.69) is 5.32 Å². The van der Waals surface area contributed by atoms with Gasteiger partial charge in [-0.3, -0.25) is 0 Å². The number of nitrogens with zero attached hydrogens (tertiary/aromatic N) is 1. The monoisotopic (exact) mass is 330 g/mol. The van der Waals surface area contributed by atoms with Crippen molar-refractivity contribution in [3.05, 3.63) is 29.6 Å². The minimum atomic E-state index is -3.10. The summed E-state index contributed by atoms with van der Waals surface area (Å²) in [4.78, 5) is 0. The summed E-state index contributed by atoms with van der Waals surface area (Å²) in [6.45, 7) is 3.80. The van der Waals surface area contributed by atoms with Crippen LogP contribution in [-0.2, 0) is 10.0 Å². The van der Waals surface area contributed by atoms with Crippen molar-refractivity contribution in [3.63, 3.8) is 0 Å². The van der Waals surface area contributed by atoms with Crippen molar-refractivity contribution in [2.75, 3.05) is 33.0 Å². The maximum absolute atomic E-state index is 13.7. The standard InChI is InChI=1S/C15H23FN2O3S/c1-11(13-4-5-15(21-2)14(16)8-13)17-9-12-6-7-18(10-12)22(3,19)20/h4-5,8,11-12,17H,6-7,9-10H2,1-3H3/t11-,12-/m0/s1. The zero-order chi connectivity index (χ0) is 16.3. The molecule has 1 aliphatic heterocycles. The molecule has 0 aliphatic carbocycles. The highest BCUT2D eigenvalue weighted by Gasteiger charge is 2.28. The largest absolute Gasteiger partial charge is 0.494 e. The predicted octanol–water partition coefficient (Wildman–Crippen LogP) is 1.77. The Hall–Kier alpha value is -1.18. The lowest BCUT2D eigenvalue weighted by molar-refractivity contribution is 0.385. The van der Waals surface area contributed by atoms with E-state index < -0.39 is 10.0 Å². The second-order valence-electron chi connectivity index (χ2n) is 5.80. The maximum atomic E-state index is 13.7. The van der Waals surface area contributed by atoms with Crippen LogP contribution in [0.3, 0.4) is 0 Å². The molecule has 5 nitrogen and oxygen atoms in total. The van der Waals surface area contributed by atoms with Crippen molar-refractivity contribution >= 4 is 10.0 Å². The number of hydrogen-bond donors (Lipinski definition) is 1. The summed E-state index contributed by atoms with van der Waals surface area (Å²) in [5.74, 6) is 0.147. The SMILES string of the molecule is COc1ccc([C@H](C)NC[C@@H]2CCN(S(C)(=O)=O)C2)cc1F. The van der Waals surface area contributed by atoms with Gasteiger partial charge in [0.05, 0.1) is 13.4 Å². The highest BCUT2D eigenvalue weighted by Crippen LogP contribution is 2.23. The third kappa shape index (κ3) is 4.18. The average molecular weight is 330 g/mol. The molecule has 0 aromatic heterocycles. The van der Waals surface area contributed by atoms with Crippen LogP contribution in [0, 0.1) is 11.7 Å². The Bertz CT molecular complexity index is 621. The molecule has 124 valence electrons. The molecule has 1 aliphatic rings. The maximum Gasteiger partial charge on any atom is 0.211 e. The van der Waals surface area contributed by atoms with Gasteiger partial charge in [-0.05, 0) is 43.5 Å². The molecule has 1 fully saturated rings. The van der Waals surface area contributed by atoms with E-state index in [9.17, 15) is 12.8 Å². The molecule has 7 heteroatoms. The van der Waals surface area contributed by atoms with Gasteiger partial charge < -0.3 is 10.1 Å². The molecule has 1 aromatic carbocycles. The van der Waals surface area contributed by atoms with Crippen molar-refractivity contribution in [1.82, 2.24) is 9.62 Å². The normalized spacial score (nSPS) is 21.0. The van der Waals surface area contributed by atoms with Gasteiger partial charge in [0.25, 0.3) is 0 Å². The van der Waals surface area contributed by atoms with Crippen LogP contribution in [-0.4, -0.2) is 45.7 Å². The summed E-state index contributed by atoms with van der Waals surface area (Å²) in [7, 11) is -1.66. The molecule has 0 unspecified atom stereocenters. The van der Waals surface area contributed by atoms with Crippen molar-refractivity contribution < 1.29 is 17.5 Å². The topological polar surface area (TPSA) is 58.6 Å². The lowest BCUT2D eigenvalue weighted by atomic mass is 10.1. The van der Waals surface area contributed by atoms with Crippen LogP contribution in [0.1, 0.15) is 24.9 Å². The lowest BCUT2D eigenvalue weighted by Gasteiger charge is -2.18. The van der Waals surface area contributed by atoms with E-state index >= 15 is 0 Å². The molecular weight excluding hydrogens is 307 g/mol. The molecule has 1 aromatic rings. The number of halogens is 1. The van der Waals surface area contributed by atoms with E-state index in [0.717, 1.165) is 12.0 Å². The minimum absolute atomic E-state index is 0.00677. The lowest BCUT2D eigenvalue weighted by Crippen LogP contribution is -2.31. The van der Waals surface area contributed by atoms with Gasteiger partial charge in [-0.2, -0.15) is 0 Å². The number of nitrogens with one attached hydrogen (secondary N) is 1. The Labute approximate surface area is 131 Å². The van der Waals surface area contributed by atoms with E-state index in [0.29, 0.717) is 25.6 Å². The molecule has 1 saturated heterocycles. The van der Waals surface area contributed by atoms with E-state index in [4.69, 9.17) is 4.74 Å². The summed E-state index contributed by atoms with van der Waals surface area (Å²) >= 11 is 0. The Balaban J connectivity index is 1.88. The highest BCUT2D eigenvalue weighted by atomic mass is 32.2. The Morgan fingerprint density at radius 2 is 2.23 bits per heavy atom. The Kier molecular flexibility index (Phi) is 5.41. The van der Waals surface area contributed by atoms with Gasteiger partial charge in [-0.25, -0.2) is 17.1 Å². The molecule has 0 saturated carbocycles. The fourth-order valence-corrected chi connectivity index (χ4v) is 3.60. The first kappa shape index (κ1) is 17.2. The Morgan fingerprint density at radius 1 is 1.50 bits per heavy atom. The fraction of sp³-hybridized carbons (Fsp3) is 0.600. The summed E-state index contributed by atoms with van der Waals surface area (Å²) in [5.41, 5.74) is 0.844. The van der Waals surface area contributed by atoms with Crippen molar-refractivity contribution in [1.29, 1.82) is 0 Å². The van der Waals surface area contributed by atoms with Crippen LogP contribution in [0.4, 0.5) is 4.39 Å². The molecule has 1 heterocycles. The first-order valence-electron chi connectivity index (χ1n) is 7.33. The van der Waals surface area contributed by atoms with Gasteiger partial charge in [0.2, 0.25) is 10.0 Å². The second-order valence-corrected chi connectivity index (χ2v) is 7.78. The first-order valence-corrected chi connectivity index (χ1v) is 9.18. The molecule has 0 radical (unpaired) electrons. The van der Waals surface area contributed by atoms with E-state index in [1.165, 1.54) is 23.7 Å². The van der Waals surface area contributed by atoms with Crippen LogP contribution in [0.2, 0.25) is 0 Å². The summed E-state index contributed by atoms with van der Waals surface area (Å²) in [6, 6.07) is 4.90. The van der Waals surface area contributed by atoms with Crippen molar-refractivity contribution in [2.45, 2.75) is 19.4 Å². The zero-order valence-electron chi connectivity index (χ0n) is 13.2.